The molecule has 0 radical (unpaired) electrons. The summed E-state index contributed by atoms with van der Waals surface area (Å²) in [6, 6.07) is 0. The molecule has 1 aliphatic rings. The number of carbonyl (C=O) groups is 1. The van der Waals surface area contributed by atoms with Crippen LogP contribution in [-0.4, -0.2) is 188 Å². The molecule has 15 nitrogen and oxygen atoms in total. The molecule has 1 saturated heterocycles. The van der Waals surface area contributed by atoms with E-state index in [1.807, 2.05) is 20.8 Å². The van der Waals surface area contributed by atoms with Crippen LogP contribution in [0, 0.1) is 5.92 Å². The molecule has 1 heterocycles. The topological polar surface area (TPSA) is 140 Å². The minimum Gasteiger partial charge on any atom is -0.444 e. The van der Waals surface area contributed by atoms with Crippen molar-refractivity contribution in [3.8, 4) is 0 Å². The molecule has 0 bridgehead atoms. The normalized spacial score (nSPS) is 14.8. The Hall–Kier alpha value is -1.21. The fourth-order valence-electron chi connectivity index (χ4n) is 4.81. The predicted octanol–water partition coefficient (Wildman–Crippen LogP) is 3.24. The smallest absolute Gasteiger partial charge is 0.410 e. The summed E-state index contributed by atoms with van der Waals surface area (Å²) in [7, 11) is 1.65. The van der Waals surface area contributed by atoms with E-state index in [9.17, 15) is 4.79 Å². The summed E-state index contributed by atoms with van der Waals surface area (Å²) < 4.78 is 71.7. The molecule has 304 valence electrons. The third kappa shape index (κ3) is 28.0. The molecule has 0 unspecified atom stereocenters. The van der Waals surface area contributed by atoms with Crippen LogP contribution in [0.3, 0.4) is 0 Å². The van der Waals surface area contributed by atoms with E-state index >= 15 is 0 Å². The maximum absolute atomic E-state index is 12.4. The van der Waals surface area contributed by atoms with Crippen LogP contribution < -0.4 is 0 Å². The quantitative estimate of drug-likeness (QED) is 0.0879. The van der Waals surface area contributed by atoms with Crippen LogP contribution in [0.1, 0.15) is 47.5 Å². The minimum absolute atomic E-state index is 0.255. The summed E-state index contributed by atoms with van der Waals surface area (Å²) in [6.07, 6.45) is 1.31. The average molecular weight is 742 g/mol. The maximum Gasteiger partial charge on any atom is 0.410 e. The van der Waals surface area contributed by atoms with Crippen molar-refractivity contribution in [1.82, 2.24) is 4.90 Å². The summed E-state index contributed by atoms with van der Waals surface area (Å²) in [5.41, 5.74) is -0.750. The van der Waals surface area contributed by atoms with Gasteiger partial charge in [0.05, 0.1) is 151 Å². The van der Waals surface area contributed by atoms with Gasteiger partial charge in [-0.2, -0.15) is 0 Å². The number of carbonyl (C=O) groups excluding carboxylic acids is 1. The first-order valence-corrected chi connectivity index (χ1v) is 18.6. The van der Waals surface area contributed by atoms with Crippen molar-refractivity contribution in [2.24, 2.45) is 5.92 Å². The third-order valence-corrected chi connectivity index (χ3v) is 7.71. The van der Waals surface area contributed by atoms with Gasteiger partial charge in [-0.05, 0) is 39.5 Å². The molecule has 0 saturated carbocycles. The van der Waals surface area contributed by atoms with Gasteiger partial charge in [0, 0.05) is 20.2 Å². The summed E-state index contributed by atoms with van der Waals surface area (Å²) in [4.78, 5) is 14.2. The van der Waals surface area contributed by atoms with Gasteiger partial charge in [0.15, 0.2) is 0 Å². The number of methoxy groups -OCH3 is 1. The number of likely N-dealkylation sites (tertiary alicyclic amines) is 1. The molecule has 1 fully saturated rings. The summed E-state index contributed by atoms with van der Waals surface area (Å²) in [5.74, 6) is 0.334. The molecule has 51 heavy (non-hydrogen) atoms. The van der Waals surface area contributed by atoms with Crippen LogP contribution in [0.15, 0.2) is 0 Å². The molecule has 0 aromatic carbocycles. The molecule has 0 aromatic rings. The standard InChI is InChI=1S/C36H71NO14/c1-33(2)36(7-9-37(10-8-36)34(38)51-35(3,4)5)50-32-31-49-30-29-48-28-27-47-26-25-46-24-23-45-22-21-44-20-19-43-18-17-42-16-15-41-14-13-40-12-11-39-6/h33H,7-32H2,1-6H3. The van der Waals surface area contributed by atoms with Gasteiger partial charge >= 0.3 is 6.09 Å². The number of nitrogens with zero attached hydrogens (tertiary/aromatic N) is 1. The Bertz CT molecular complexity index is 778. The Labute approximate surface area is 307 Å². The zero-order valence-corrected chi connectivity index (χ0v) is 32.6. The van der Waals surface area contributed by atoms with E-state index in [4.69, 9.17) is 61.6 Å². The van der Waals surface area contributed by atoms with Crippen LogP contribution in [0.25, 0.3) is 0 Å². The predicted molar refractivity (Wildman–Crippen MR) is 191 cm³/mol. The Morgan fingerprint density at radius 3 is 1.04 bits per heavy atom. The van der Waals surface area contributed by atoms with Crippen LogP contribution >= 0.6 is 0 Å². The zero-order valence-electron chi connectivity index (χ0n) is 32.6. The largest absolute Gasteiger partial charge is 0.444 e. The molecule has 0 N–H and O–H groups in total. The van der Waals surface area contributed by atoms with E-state index in [0.717, 1.165) is 12.8 Å². The molecule has 0 aromatic heterocycles. The highest BCUT2D eigenvalue weighted by Gasteiger charge is 2.40. The van der Waals surface area contributed by atoms with Crippen molar-refractivity contribution in [3.05, 3.63) is 0 Å². The van der Waals surface area contributed by atoms with Crippen LogP contribution in [-0.2, 0) is 61.6 Å². The Morgan fingerprint density at radius 2 is 0.784 bits per heavy atom. The van der Waals surface area contributed by atoms with Crippen LogP contribution in [0.2, 0.25) is 0 Å². The van der Waals surface area contributed by atoms with Crippen molar-refractivity contribution in [2.45, 2.75) is 58.7 Å². The summed E-state index contributed by atoms with van der Waals surface area (Å²) in [6.45, 7) is 22.6. The van der Waals surface area contributed by atoms with Crippen molar-refractivity contribution in [2.75, 3.05) is 166 Å². The van der Waals surface area contributed by atoms with E-state index in [2.05, 4.69) is 13.8 Å². The second kappa shape index (κ2) is 32.2. The molecule has 1 rings (SSSR count). The molecule has 0 atom stereocenters. The average Bonchev–Trinajstić information content (AvgIpc) is 3.09. The lowest BCUT2D eigenvalue weighted by Gasteiger charge is -2.44. The zero-order chi connectivity index (χ0) is 37.3. The van der Waals surface area contributed by atoms with Crippen LogP contribution in [0.5, 0.6) is 0 Å². The molecular weight excluding hydrogens is 670 g/mol. The van der Waals surface area contributed by atoms with Gasteiger partial charge in [-0.3, -0.25) is 0 Å². The Kier molecular flexibility index (Phi) is 30.2. The lowest BCUT2D eigenvalue weighted by atomic mass is 9.81. The highest BCUT2D eigenvalue weighted by Crippen LogP contribution is 2.34. The summed E-state index contributed by atoms with van der Waals surface area (Å²) >= 11 is 0. The first kappa shape index (κ1) is 47.8. The van der Waals surface area contributed by atoms with E-state index in [0.29, 0.717) is 164 Å². The van der Waals surface area contributed by atoms with Crippen molar-refractivity contribution in [3.63, 3.8) is 0 Å². The van der Waals surface area contributed by atoms with Crippen molar-refractivity contribution in [1.29, 1.82) is 0 Å². The number of rotatable bonds is 35. The monoisotopic (exact) mass is 741 g/mol. The van der Waals surface area contributed by atoms with Gasteiger partial charge in [0.1, 0.15) is 5.60 Å². The molecule has 0 spiro atoms. The highest BCUT2D eigenvalue weighted by atomic mass is 16.6. The maximum atomic E-state index is 12.4. The Balaban J connectivity index is 1.78. The van der Waals surface area contributed by atoms with E-state index in [-0.39, 0.29) is 11.7 Å². The van der Waals surface area contributed by atoms with Gasteiger partial charge in [-0.25, -0.2) is 4.79 Å². The molecule has 0 aliphatic carbocycles. The van der Waals surface area contributed by atoms with E-state index < -0.39 is 5.60 Å². The van der Waals surface area contributed by atoms with E-state index in [1.54, 1.807) is 12.0 Å². The van der Waals surface area contributed by atoms with Gasteiger partial charge in [-0.15, -0.1) is 0 Å². The molecule has 15 heteroatoms. The molecular formula is C36H71NO14. The van der Waals surface area contributed by atoms with Crippen LogP contribution in [0.4, 0.5) is 4.79 Å². The fraction of sp³-hybridized carbons (Fsp3) is 0.972. The SMILES string of the molecule is COCCOCCOCCOCCOCCOCCOCCOCCOCCOCCOCCOC1(C(C)C)CCN(C(=O)OC(C)(C)C)CC1. The number of amides is 1. The lowest BCUT2D eigenvalue weighted by molar-refractivity contribution is -0.125. The second-order valence-electron chi connectivity index (χ2n) is 13.2. The van der Waals surface area contributed by atoms with Crippen molar-refractivity contribution >= 4 is 6.09 Å². The van der Waals surface area contributed by atoms with Gasteiger partial charge in [0.2, 0.25) is 0 Å². The van der Waals surface area contributed by atoms with Crippen molar-refractivity contribution < 1.29 is 66.4 Å². The lowest BCUT2D eigenvalue weighted by Crippen LogP contribution is -2.52. The molecule has 1 aliphatic heterocycles. The Morgan fingerprint density at radius 1 is 0.510 bits per heavy atom. The number of hydrogen-bond acceptors (Lipinski definition) is 14. The first-order valence-electron chi connectivity index (χ1n) is 18.6. The minimum atomic E-state index is -0.494. The number of piperidine rings is 1. The summed E-state index contributed by atoms with van der Waals surface area (Å²) in [5, 5.41) is 0. The number of hydrogen-bond donors (Lipinski definition) is 0. The van der Waals surface area contributed by atoms with Gasteiger partial charge in [0.25, 0.3) is 0 Å². The second-order valence-corrected chi connectivity index (χ2v) is 13.2. The van der Waals surface area contributed by atoms with Gasteiger partial charge in [-0.1, -0.05) is 13.8 Å². The first-order chi connectivity index (χ1) is 24.7. The molecule has 1 amide bonds. The third-order valence-electron chi connectivity index (χ3n) is 7.71. The number of ether oxygens (including phenoxy) is 13. The fourth-order valence-corrected chi connectivity index (χ4v) is 4.81. The van der Waals surface area contributed by atoms with Gasteiger partial charge < -0.3 is 66.5 Å². The highest BCUT2D eigenvalue weighted by molar-refractivity contribution is 5.68. The van der Waals surface area contributed by atoms with E-state index in [1.165, 1.54) is 0 Å².